The molecule has 0 saturated carbocycles. The van der Waals surface area contributed by atoms with Crippen LogP contribution in [-0.4, -0.2) is 12.5 Å². The Morgan fingerprint density at radius 3 is 2.50 bits per heavy atom. The molecule has 0 unspecified atom stereocenters. The summed E-state index contributed by atoms with van der Waals surface area (Å²) in [7, 11) is 0. The van der Waals surface area contributed by atoms with Gasteiger partial charge in [-0.05, 0) is 29.8 Å². The van der Waals surface area contributed by atoms with E-state index in [2.05, 4.69) is 15.9 Å². The zero-order valence-electron chi connectivity index (χ0n) is 10.6. The Labute approximate surface area is 124 Å². The highest BCUT2D eigenvalue weighted by atomic mass is 79.9. The van der Waals surface area contributed by atoms with Crippen LogP contribution in [-0.2, 0) is 6.42 Å². The molecule has 0 aliphatic rings. The van der Waals surface area contributed by atoms with Crippen LogP contribution in [0.2, 0.25) is 0 Å². The van der Waals surface area contributed by atoms with Crippen molar-refractivity contribution in [3.8, 4) is 5.75 Å². The summed E-state index contributed by atoms with van der Waals surface area (Å²) >= 11 is 3.37. The summed E-state index contributed by atoms with van der Waals surface area (Å²) in [6.45, 7) is 0.428. The summed E-state index contributed by atoms with van der Waals surface area (Å²) in [5, 5.41) is 0. The van der Waals surface area contributed by atoms with Crippen molar-refractivity contribution in [3.05, 3.63) is 63.9 Å². The van der Waals surface area contributed by atoms with E-state index in [9.17, 15) is 9.18 Å². The van der Waals surface area contributed by atoms with E-state index in [1.54, 1.807) is 0 Å². The second-order valence-corrected chi connectivity index (χ2v) is 5.15. The molecule has 2 aromatic carbocycles. The number of ether oxygens (including phenoxy) is 1. The fraction of sp³-hybridized carbons (Fsp3) is 0.133. The first kappa shape index (κ1) is 14.5. The van der Waals surface area contributed by atoms with E-state index in [1.807, 2.05) is 24.3 Å². The van der Waals surface area contributed by atoms with E-state index in [-0.39, 0.29) is 5.56 Å². The van der Waals surface area contributed by atoms with Gasteiger partial charge >= 0.3 is 0 Å². The number of rotatable bonds is 5. The van der Waals surface area contributed by atoms with Gasteiger partial charge in [0.1, 0.15) is 11.6 Å². The van der Waals surface area contributed by atoms with E-state index < -0.39 is 11.7 Å². The molecule has 0 atom stereocenters. The zero-order valence-corrected chi connectivity index (χ0v) is 12.2. The van der Waals surface area contributed by atoms with Crippen molar-refractivity contribution in [2.45, 2.75) is 6.42 Å². The van der Waals surface area contributed by atoms with Gasteiger partial charge in [0.2, 0.25) is 0 Å². The SMILES string of the molecule is NC(=O)c1ccc(OCCc2ccc(Br)cc2)cc1F. The molecule has 0 bridgehead atoms. The maximum atomic E-state index is 13.5. The number of nitrogens with two attached hydrogens (primary N) is 1. The van der Waals surface area contributed by atoms with Gasteiger partial charge < -0.3 is 10.5 Å². The molecule has 20 heavy (non-hydrogen) atoms. The molecule has 5 heteroatoms. The topological polar surface area (TPSA) is 52.3 Å². The lowest BCUT2D eigenvalue weighted by atomic mass is 10.1. The molecule has 0 aliphatic carbocycles. The van der Waals surface area contributed by atoms with Crippen molar-refractivity contribution in [1.82, 2.24) is 0 Å². The van der Waals surface area contributed by atoms with Gasteiger partial charge in [-0.1, -0.05) is 28.1 Å². The van der Waals surface area contributed by atoms with Crippen LogP contribution < -0.4 is 10.5 Å². The van der Waals surface area contributed by atoms with Crippen LogP contribution in [0.3, 0.4) is 0 Å². The number of primary amides is 1. The monoisotopic (exact) mass is 337 g/mol. The van der Waals surface area contributed by atoms with Crippen molar-refractivity contribution in [2.75, 3.05) is 6.61 Å². The average Bonchev–Trinajstić information content (AvgIpc) is 2.41. The van der Waals surface area contributed by atoms with Crippen LogP contribution >= 0.6 is 15.9 Å². The predicted octanol–water partition coefficient (Wildman–Crippen LogP) is 3.31. The Morgan fingerprint density at radius 2 is 1.90 bits per heavy atom. The van der Waals surface area contributed by atoms with E-state index in [4.69, 9.17) is 10.5 Å². The van der Waals surface area contributed by atoms with Gasteiger partial charge in [-0.3, -0.25) is 4.79 Å². The van der Waals surface area contributed by atoms with E-state index in [1.165, 1.54) is 18.2 Å². The first-order chi connectivity index (χ1) is 9.56. The minimum absolute atomic E-state index is 0.134. The van der Waals surface area contributed by atoms with E-state index in [0.717, 1.165) is 10.0 Å². The standard InChI is InChI=1S/C15H13BrFNO2/c16-11-3-1-10(2-4-11)7-8-20-12-5-6-13(15(18)19)14(17)9-12/h1-6,9H,7-8H2,(H2,18,19). The van der Waals surface area contributed by atoms with E-state index >= 15 is 0 Å². The number of carbonyl (C=O) groups is 1. The number of carbonyl (C=O) groups excluding carboxylic acids is 1. The van der Waals surface area contributed by atoms with Crippen LogP contribution in [0.15, 0.2) is 46.9 Å². The summed E-state index contributed by atoms with van der Waals surface area (Å²) in [6, 6.07) is 11.9. The molecule has 0 fully saturated rings. The zero-order chi connectivity index (χ0) is 14.5. The van der Waals surface area contributed by atoms with Gasteiger partial charge in [-0.25, -0.2) is 4.39 Å². The van der Waals surface area contributed by atoms with Gasteiger partial charge in [0, 0.05) is 17.0 Å². The molecule has 0 spiro atoms. The van der Waals surface area contributed by atoms with Crippen molar-refractivity contribution in [3.63, 3.8) is 0 Å². The second kappa shape index (κ2) is 6.52. The van der Waals surface area contributed by atoms with Crippen LogP contribution in [0.25, 0.3) is 0 Å². The molecular formula is C15H13BrFNO2. The number of halogens is 2. The maximum absolute atomic E-state index is 13.5. The smallest absolute Gasteiger partial charge is 0.251 e. The lowest BCUT2D eigenvalue weighted by Crippen LogP contribution is -2.13. The molecule has 0 aromatic heterocycles. The molecule has 0 radical (unpaired) electrons. The lowest BCUT2D eigenvalue weighted by molar-refractivity contribution is 0.0996. The van der Waals surface area contributed by atoms with Crippen molar-refractivity contribution < 1.29 is 13.9 Å². The molecule has 2 aromatic rings. The van der Waals surface area contributed by atoms with Gasteiger partial charge in [-0.15, -0.1) is 0 Å². The molecule has 2 N–H and O–H groups in total. The third-order valence-electron chi connectivity index (χ3n) is 2.78. The predicted molar refractivity (Wildman–Crippen MR) is 78.3 cm³/mol. The van der Waals surface area contributed by atoms with Crippen LogP contribution in [0.5, 0.6) is 5.75 Å². The highest BCUT2D eigenvalue weighted by molar-refractivity contribution is 9.10. The molecule has 104 valence electrons. The number of benzene rings is 2. The van der Waals surface area contributed by atoms with Gasteiger partial charge in [0.05, 0.1) is 12.2 Å². The molecule has 1 amide bonds. The summed E-state index contributed by atoms with van der Waals surface area (Å²) in [5.74, 6) is -1.08. The average molecular weight is 338 g/mol. The van der Waals surface area contributed by atoms with Gasteiger partial charge in [-0.2, -0.15) is 0 Å². The maximum Gasteiger partial charge on any atom is 0.251 e. The van der Waals surface area contributed by atoms with Crippen molar-refractivity contribution >= 4 is 21.8 Å². The third-order valence-corrected chi connectivity index (χ3v) is 3.31. The Kier molecular flexibility index (Phi) is 4.74. The Hall–Kier alpha value is -1.88. The first-order valence-corrected chi connectivity index (χ1v) is 6.82. The van der Waals surface area contributed by atoms with Gasteiger partial charge in [0.25, 0.3) is 5.91 Å². The first-order valence-electron chi connectivity index (χ1n) is 6.03. The molecular weight excluding hydrogens is 325 g/mol. The molecule has 3 nitrogen and oxygen atoms in total. The summed E-state index contributed by atoms with van der Waals surface area (Å²) in [6.07, 6.45) is 0.715. The number of amides is 1. The third kappa shape index (κ3) is 3.81. The Balaban J connectivity index is 1.92. The normalized spacial score (nSPS) is 10.3. The Bertz CT molecular complexity index is 614. The fourth-order valence-corrected chi connectivity index (χ4v) is 1.99. The number of hydrogen-bond donors (Lipinski definition) is 1. The van der Waals surface area contributed by atoms with Crippen LogP contribution in [0.4, 0.5) is 4.39 Å². The Morgan fingerprint density at radius 1 is 1.20 bits per heavy atom. The quantitative estimate of drug-likeness (QED) is 0.909. The molecule has 0 heterocycles. The fourth-order valence-electron chi connectivity index (χ4n) is 1.72. The molecule has 0 aliphatic heterocycles. The van der Waals surface area contributed by atoms with Crippen LogP contribution in [0, 0.1) is 5.82 Å². The van der Waals surface area contributed by atoms with Crippen molar-refractivity contribution in [2.24, 2.45) is 5.73 Å². The second-order valence-electron chi connectivity index (χ2n) is 4.23. The minimum atomic E-state index is -0.788. The lowest BCUT2D eigenvalue weighted by Gasteiger charge is -2.07. The van der Waals surface area contributed by atoms with Crippen molar-refractivity contribution in [1.29, 1.82) is 0 Å². The molecule has 0 saturated heterocycles. The van der Waals surface area contributed by atoms with E-state index in [0.29, 0.717) is 18.8 Å². The summed E-state index contributed by atoms with van der Waals surface area (Å²) in [5.41, 5.74) is 6.02. The van der Waals surface area contributed by atoms with Gasteiger partial charge in [0.15, 0.2) is 0 Å². The highest BCUT2D eigenvalue weighted by Gasteiger charge is 2.09. The van der Waals surface area contributed by atoms with Crippen LogP contribution in [0.1, 0.15) is 15.9 Å². The summed E-state index contributed by atoms with van der Waals surface area (Å²) in [4.78, 5) is 10.9. The molecule has 2 rings (SSSR count). The number of hydrogen-bond acceptors (Lipinski definition) is 2. The largest absolute Gasteiger partial charge is 0.493 e. The highest BCUT2D eigenvalue weighted by Crippen LogP contribution is 2.17. The summed E-state index contributed by atoms with van der Waals surface area (Å²) < 4.78 is 20.0. The minimum Gasteiger partial charge on any atom is -0.493 e.